The highest BCUT2D eigenvalue weighted by atomic mass is 127. The van der Waals surface area contributed by atoms with Crippen LogP contribution in [-0.4, -0.2) is 25.6 Å². The van der Waals surface area contributed by atoms with Crippen molar-refractivity contribution in [3.8, 4) is 5.75 Å². The molecule has 0 unspecified atom stereocenters. The first kappa shape index (κ1) is 16.2. The van der Waals surface area contributed by atoms with Crippen molar-refractivity contribution >= 4 is 28.5 Å². The minimum atomic E-state index is 0.0863. The maximum absolute atomic E-state index is 11.5. The van der Waals surface area contributed by atoms with Gasteiger partial charge in [-0.2, -0.15) is 0 Å². The van der Waals surface area contributed by atoms with Crippen LogP contribution in [-0.2, 0) is 4.79 Å². The zero-order valence-electron chi connectivity index (χ0n) is 11.0. The molecule has 1 amide bonds. The molecule has 0 atom stereocenters. The molecule has 0 saturated carbocycles. The van der Waals surface area contributed by atoms with Gasteiger partial charge in [0.05, 0.1) is 6.61 Å². The second-order valence-corrected chi connectivity index (χ2v) is 5.50. The molecular formula is C14H21IN2O2. The fourth-order valence-corrected chi connectivity index (χ4v) is 1.90. The van der Waals surface area contributed by atoms with Crippen LogP contribution in [0.5, 0.6) is 5.75 Å². The van der Waals surface area contributed by atoms with Crippen molar-refractivity contribution in [3.63, 3.8) is 0 Å². The van der Waals surface area contributed by atoms with Gasteiger partial charge in [0, 0.05) is 16.5 Å². The molecular weight excluding hydrogens is 355 g/mol. The summed E-state index contributed by atoms with van der Waals surface area (Å²) in [5.41, 5.74) is 5.38. The van der Waals surface area contributed by atoms with Crippen LogP contribution in [0.2, 0.25) is 0 Å². The van der Waals surface area contributed by atoms with Crippen LogP contribution in [0, 0.1) is 3.57 Å². The number of unbranched alkanes of at least 4 members (excludes halogenated alkanes) is 1. The maximum atomic E-state index is 11.5. The molecule has 19 heavy (non-hydrogen) atoms. The van der Waals surface area contributed by atoms with E-state index in [1.54, 1.807) is 0 Å². The zero-order valence-corrected chi connectivity index (χ0v) is 13.2. The lowest BCUT2D eigenvalue weighted by Gasteiger charge is -2.07. The van der Waals surface area contributed by atoms with Gasteiger partial charge in [-0.3, -0.25) is 4.79 Å². The number of hydrogen-bond donors (Lipinski definition) is 2. The molecule has 0 aromatic heterocycles. The molecule has 1 aromatic rings. The fraction of sp³-hybridized carbons (Fsp3) is 0.500. The Bertz CT molecular complexity index is 368. The van der Waals surface area contributed by atoms with Crippen molar-refractivity contribution in [1.82, 2.24) is 5.32 Å². The van der Waals surface area contributed by atoms with E-state index in [9.17, 15) is 4.79 Å². The monoisotopic (exact) mass is 376 g/mol. The Morgan fingerprint density at radius 1 is 1.21 bits per heavy atom. The van der Waals surface area contributed by atoms with Crippen molar-refractivity contribution in [2.75, 3.05) is 19.7 Å². The lowest BCUT2D eigenvalue weighted by molar-refractivity contribution is -0.121. The molecule has 0 spiro atoms. The number of carbonyl (C=O) groups is 1. The summed E-state index contributed by atoms with van der Waals surface area (Å²) in [5.74, 6) is 0.937. The van der Waals surface area contributed by atoms with Crippen LogP contribution in [0.25, 0.3) is 0 Å². The molecule has 0 radical (unpaired) electrons. The topological polar surface area (TPSA) is 64.3 Å². The highest BCUT2D eigenvalue weighted by Gasteiger charge is 2.00. The molecule has 0 aliphatic carbocycles. The molecule has 1 aromatic carbocycles. The summed E-state index contributed by atoms with van der Waals surface area (Å²) in [6.07, 6.45) is 3.14. The summed E-state index contributed by atoms with van der Waals surface area (Å²) in [6, 6.07) is 7.88. The van der Waals surface area contributed by atoms with Gasteiger partial charge in [0.2, 0.25) is 5.91 Å². The molecule has 0 aliphatic heterocycles. The van der Waals surface area contributed by atoms with Gasteiger partial charge < -0.3 is 15.8 Å². The smallest absolute Gasteiger partial charge is 0.220 e. The number of amides is 1. The summed E-state index contributed by atoms with van der Waals surface area (Å²) in [4.78, 5) is 11.5. The molecule has 1 rings (SSSR count). The van der Waals surface area contributed by atoms with Crippen LogP contribution < -0.4 is 15.8 Å². The molecule has 5 heteroatoms. The first-order chi connectivity index (χ1) is 9.22. The van der Waals surface area contributed by atoms with E-state index in [1.807, 2.05) is 24.3 Å². The lowest BCUT2D eigenvalue weighted by atomic mass is 10.3. The Kier molecular flexibility index (Phi) is 8.57. The van der Waals surface area contributed by atoms with Crippen LogP contribution in [0.4, 0.5) is 0 Å². The normalized spacial score (nSPS) is 10.2. The minimum absolute atomic E-state index is 0.0863. The Labute approximate surface area is 128 Å². The minimum Gasteiger partial charge on any atom is -0.494 e. The lowest BCUT2D eigenvalue weighted by Crippen LogP contribution is -2.25. The summed E-state index contributed by atoms with van der Waals surface area (Å²) in [7, 11) is 0. The Hall–Kier alpha value is -0.820. The Morgan fingerprint density at radius 3 is 2.63 bits per heavy atom. The number of nitrogens with one attached hydrogen (secondary N) is 1. The average molecular weight is 376 g/mol. The first-order valence-corrected chi connectivity index (χ1v) is 7.65. The van der Waals surface area contributed by atoms with Crippen molar-refractivity contribution in [1.29, 1.82) is 0 Å². The van der Waals surface area contributed by atoms with E-state index in [-0.39, 0.29) is 5.91 Å². The molecule has 0 saturated heterocycles. The van der Waals surface area contributed by atoms with Gasteiger partial charge in [-0.1, -0.05) is 0 Å². The molecule has 0 heterocycles. The van der Waals surface area contributed by atoms with Crippen LogP contribution >= 0.6 is 22.6 Å². The van der Waals surface area contributed by atoms with E-state index in [0.717, 1.165) is 25.0 Å². The third-order valence-corrected chi connectivity index (χ3v) is 3.30. The standard InChI is InChI=1S/C14H21IN2O2/c15-12-5-7-13(8-6-12)19-11-3-4-14(18)17-10-2-1-9-16/h5-8H,1-4,9-11,16H2,(H,17,18). The Balaban J connectivity index is 2.03. The van der Waals surface area contributed by atoms with Crippen molar-refractivity contribution in [3.05, 3.63) is 27.8 Å². The third kappa shape index (κ3) is 8.05. The van der Waals surface area contributed by atoms with Crippen LogP contribution in [0.3, 0.4) is 0 Å². The van der Waals surface area contributed by atoms with Crippen molar-refractivity contribution in [2.45, 2.75) is 25.7 Å². The van der Waals surface area contributed by atoms with Gasteiger partial charge in [-0.15, -0.1) is 0 Å². The molecule has 0 fully saturated rings. The van der Waals surface area contributed by atoms with Gasteiger partial charge in [0.25, 0.3) is 0 Å². The van der Waals surface area contributed by atoms with Crippen LogP contribution in [0.1, 0.15) is 25.7 Å². The van der Waals surface area contributed by atoms with Crippen molar-refractivity contribution in [2.24, 2.45) is 5.73 Å². The van der Waals surface area contributed by atoms with Gasteiger partial charge in [-0.25, -0.2) is 0 Å². The summed E-state index contributed by atoms with van der Waals surface area (Å²) in [6.45, 7) is 1.96. The van der Waals surface area contributed by atoms with E-state index in [1.165, 1.54) is 3.57 Å². The quantitative estimate of drug-likeness (QED) is 0.514. The molecule has 3 N–H and O–H groups in total. The van der Waals surface area contributed by atoms with E-state index >= 15 is 0 Å². The fourth-order valence-electron chi connectivity index (χ4n) is 1.54. The third-order valence-electron chi connectivity index (χ3n) is 2.58. The number of nitrogens with two attached hydrogens (primary N) is 1. The second kappa shape index (κ2) is 10.0. The highest BCUT2D eigenvalue weighted by molar-refractivity contribution is 14.1. The largest absolute Gasteiger partial charge is 0.494 e. The van der Waals surface area contributed by atoms with Gasteiger partial charge in [0.15, 0.2) is 0 Å². The predicted octanol–water partition coefficient (Wildman–Crippen LogP) is 2.31. The number of carbonyl (C=O) groups excluding carboxylic acids is 1. The average Bonchev–Trinajstić information content (AvgIpc) is 2.42. The van der Waals surface area contributed by atoms with E-state index < -0.39 is 0 Å². The SMILES string of the molecule is NCCCCNC(=O)CCCOc1ccc(I)cc1. The zero-order chi connectivity index (χ0) is 13.9. The molecule has 0 bridgehead atoms. The summed E-state index contributed by atoms with van der Waals surface area (Å²) >= 11 is 2.25. The number of ether oxygens (including phenoxy) is 1. The summed E-state index contributed by atoms with van der Waals surface area (Å²) in [5, 5.41) is 2.87. The molecule has 4 nitrogen and oxygen atoms in total. The summed E-state index contributed by atoms with van der Waals surface area (Å²) < 4.78 is 6.74. The number of halogens is 1. The van der Waals surface area contributed by atoms with E-state index in [4.69, 9.17) is 10.5 Å². The Morgan fingerprint density at radius 2 is 1.95 bits per heavy atom. The van der Waals surface area contributed by atoms with Gasteiger partial charge >= 0.3 is 0 Å². The first-order valence-electron chi connectivity index (χ1n) is 6.57. The highest BCUT2D eigenvalue weighted by Crippen LogP contribution is 2.13. The number of hydrogen-bond acceptors (Lipinski definition) is 3. The molecule has 106 valence electrons. The van der Waals surface area contributed by atoms with Crippen molar-refractivity contribution < 1.29 is 9.53 Å². The van der Waals surface area contributed by atoms with E-state index in [0.29, 0.717) is 26.1 Å². The second-order valence-electron chi connectivity index (χ2n) is 4.25. The van der Waals surface area contributed by atoms with Crippen LogP contribution in [0.15, 0.2) is 24.3 Å². The number of rotatable bonds is 9. The van der Waals surface area contributed by atoms with Gasteiger partial charge in [0.1, 0.15) is 5.75 Å². The maximum Gasteiger partial charge on any atom is 0.220 e. The molecule has 0 aliphatic rings. The van der Waals surface area contributed by atoms with E-state index in [2.05, 4.69) is 27.9 Å². The van der Waals surface area contributed by atoms with Gasteiger partial charge in [-0.05, 0) is 72.7 Å². The number of benzene rings is 1. The predicted molar refractivity (Wildman–Crippen MR) is 85.2 cm³/mol.